The van der Waals surface area contributed by atoms with Gasteiger partial charge in [-0.25, -0.2) is 8.42 Å². The molecule has 2 unspecified atom stereocenters. The zero-order chi connectivity index (χ0) is 29.9. The van der Waals surface area contributed by atoms with E-state index < -0.39 is 21.5 Å². The molecular formula is C29H44N6O4S. The normalized spacial score (nSPS) is 13.5. The fraction of sp³-hybridized carbons (Fsp3) is 0.586. The number of nitrogen functional groups attached to an aromatic ring is 1. The van der Waals surface area contributed by atoms with Crippen molar-refractivity contribution in [2.75, 3.05) is 18.9 Å². The number of hydrogen-bond donors (Lipinski definition) is 2. The Hall–Kier alpha value is -3.23. The van der Waals surface area contributed by atoms with E-state index in [-0.39, 0.29) is 39.2 Å². The molecule has 0 saturated heterocycles. The van der Waals surface area contributed by atoms with Gasteiger partial charge in [-0.05, 0) is 43.7 Å². The predicted octanol–water partition coefficient (Wildman–Crippen LogP) is 6.29. The van der Waals surface area contributed by atoms with E-state index in [4.69, 9.17) is 5.84 Å². The number of benzene rings is 1. The standard InChI is InChI=1S/C29H44N6O4S/c1-6-10-14-22(8-3)19-34(20-23(9-4)15-11-7-2)40(38,39)26-17-13-12-16-25(26)32-33-27-21(5)24(18-30)28(36)35(31)29(27)37/h12-13,16-17,22-23,36H,6-11,14-15,19-20,31H2,1-5H3. The first kappa shape index (κ1) is 33.0. The number of azo groups is 1. The molecule has 2 atom stereocenters. The summed E-state index contributed by atoms with van der Waals surface area (Å²) < 4.78 is 30.5. The SMILES string of the molecule is CCCCC(CC)CN(CC(CC)CCCC)S(=O)(=O)c1ccccc1N=Nc1c(C)c(C#N)c(O)n(N)c1=O. The molecule has 0 bridgehead atoms. The first-order valence-electron chi connectivity index (χ1n) is 14.2. The summed E-state index contributed by atoms with van der Waals surface area (Å²) in [6, 6.07) is 8.12. The average molecular weight is 573 g/mol. The van der Waals surface area contributed by atoms with Crippen LogP contribution in [0.3, 0.4) is 0 Å². The van der Waals surface area contributed by atoms with Gasteiger partial charge in [0.2, 0.25) is 15.9 Å². The maximum atomic E-state index is 14.2. The number of hydrogen-bond acceptors (Lipinski definition) is 8. The molecule has 2 aromatic rings. The third-order valence-corrected chi connectivity index (χ3v) is 9.35. The maximum absolute atomic E-state index is 14.2. The van der Waals surface area contributed by atoms with Crippen LogP contribution in [0.15, 0.2) is 44.2 Å². The Kier molecular flexibility index (Phi) is 12.8. The molecule has 0 saturated carbocycles. The van der Waals surface area contributed by atoms with Gasteiger partial charge in [-0.15, -0.1) is 10.2 Å². The second-order valence-electron chi connectivity index (χ2n) is 10.3. The van der Waals surface area contributed by atoms with E-state index in [9.17, 15) is 23.6 Å². The predicted molar refractivity (Wildman–Crippen MR) is 158 cm³/mol. The Bertz CT molecular complexity index is 1350. The van der Waals surface area contributed by atoms with Gasteiger partial charge in [0.05, 0.1) is 0 Å². The first-order valence-corrected chi connectivity index (χ1v) is 15.7. The Labute approximate surface area is 238 Å². The Morgan fingerprint density at radius 1 is 1.02 bits per heavy atom. The summed E-state index contributed by atoms with van der Waals surface area (Å²) in [7, 11) is -3.97. The van der Waals surface area contributed by atoms with Gasteiger partial charge >= 0.3 is 0 Å². The lowest BCUT2D eigenvalue weighted by molar-refractivity contribution is 0.270. The van der Waals surface area contributed by atoms with Gasteiger partial charge < -0.3 is 10.9 Å². The second-order valence-corrected chi connectivity index (χ2v) is 12.2. The number of aromatic hydroxyl groups is 1. The molecule has 1 aromatic carbocycles. The first-order chi connectivity index (χ1) is 19.1. The summed E-state index contributed by atoms with van der Waals surface area (Å²) in [4.78, 5) is 12.7. The van der Waals surface area contributed by atoms with Crippen LogP contribution in [0, 0.1) is 30.1 Å². The van der Waals surface area contributed by atoms with Crippen molar-refractivity contribution in [3.05, 3.63) is 45.7 Å². The third-order valence-electron chi connectivity index (χ3n) is 7.47. The number of rotatable bonds is 16. The number of nitriles is 1. The van der Waals surface area contributed by atoms with Crippen LogP contribution in [0.25, 0.3) is 0 Å². The molecule has 0 spiro atoms. The highest BCUT2D eigenvalue weighted by Gasteiger charge is 2.31. The molecule has 0 radical (unpaired) electrons. The maximum Gasteiger partial charge on any atom is 0.299 e. The zero-order valence-electron chi connectivity index (χ0n) is 24.4. The number of sulfonamides is 1. The van der Waals surface area contributed by atoms with Crippen LogP contribution in [0.1, 0.15) is 90.2 Å². The van der Waals surface area contributed by atoms with E-state index >= 15 is 0 Å². The van der Waals surface area contributed by atoms with Gasteiger partial charge in [0.1, 0.15) is 22.2 Å². The molecule has 0 fully saturated rings. The fourth-order valence-corrected chi connectivity index (χ4v) is 6.43. The van der Waals surface area contributed by atoms with Crippen molar-refractivity contribution in [2.45, 2.75) is 90.9 Å². The topological polar surface area (TPSA) is 154 Å². The minimum absolute atomic E-state index is 0.000508. The molecule has 0 aliphatic rings. The van der Waals surface area contributed by atoms with Crippen LogP contribution in [0.4, 0.5) is 11.4 Å². The minimum Gasteiger partial charge on any atom is -0.492 e. The summed E-state index contributed by atoms with van der Waals surface area (Å²) in [6.07, 6.45) is 7.86. The highest BCUT2D eigenvalue weighted by Crippen LogP contribution is 2.32. The average Bonchev–Trinajstić information content (AvgIpc) is 2.95. The zero-order valence-corrected chi connectivity index (χ0v) is 25.2. The molecule has 10 nitrogen and oxygen atoms in total. The Morgan fingerprint density at radius 2 is 1.57 bits per heavy atom. The monoisotopic (exact) mass is 572 g/mol. The lowest BCUT2D eigenvalue weighted by Gasteiger charge is -2.30. The van der Waals surface area contributed by atoms with Crippen LogP contribution < -0.4 is 11.4 Å². The smallest absolute Gasteiger partial charge is 0.299 e. The van der Waals surface area contributed by atoms with E-state index in [0.29, 0.717) is 17.8 Å². The fourth-order valence-electron chi connectivity index (χ4n) is 4.71. The van der Waals surface area contributed by atoms with Crippen molar-refractivity contribution in [2.24, 2.45) is 22.1 Å². The van der Waals surface area contributed by atoms with Crippen LogP contribution in [0.5, 0.6) is 5.88 Å². The van der Waals surface area contributed by atoms with Gasteiger partial charge in [-0.3, -0.25) is 4.79 Å². The van der Waals surface area contributed by atoms with Crippen LogP contribution in [0.2, 0.25) is 0 Å². The highest BCUT2D eigenvalue weighted by atomic mass is 32.2. The molecule has 2 rings (SSSR count). The number of nitrogens with two attached hydrogens (primary N) is 1. The molecule has 0 aliphatic heterocycles. The lowest BCUT2D eigenvalue weighted by atomic mass is 9.97. The third kappa shape index (κ3) is 7.92. The summed E-state index contributed by atoms with van der Waals surface area (Å²) >= 11 is 0. The van der Waals surface area contributed by atoms with Gasteiger partial charge in [0, 0.05) is 18.7 Å². The quantitative estimate of drug-likeness (QED) is 0.178. The van der Waals surface area contributed by atoms with Crippen molar-refractivity contribution >= 4 is 21.4 Å². The summed E-state index contributed by atoms with van der Waals surface area (Å²) in [5.41, 5.74) is -1.15. The molecule has 1 aromatic heterocycles. The molecular weight excluding hydrogens is 528 g/mol. The number of pyridine rings is 1. The summed E-state index contributed by atoms with van der Waals surface area (Å²) in [6.45, 7) is 10.8. The lowest BCUT2D eigenvalue weighted by Crippen LogP contribution is -2.39. The molecule has 11 heteroatoms. The largest absolute Gasteiger partial charge is 0.492 e. The summed E-state index contributed by atoms with van der Waals surface area (Å²) in [5, 5.41) is 27.6. The van der Waals surface area contributed by atoms with Gasteiger partial charge in [-0.2, -0.15) is 14.2 Å². The molecule has 1 heterocycles. The van der Waals surface area contributed by atoms with Gasteiger partial charge in [0.25, 0.3) is 5.56 Å². The molecule has 220 valence electrons. The van der Waals surface area contributed by atoms with Crippen molar-refractivity contribution in [3.8, 4) is 11.9 Å². The molecule has 0 aliphatic carbocycles. The van der Waals surface area contributed by atoms with Crippen molar-refractivity contribution < 1.29 is 13.5 Å². The molecule has 0 amide bonds. The van der Waals surface area contributed by atoms with Crippen LogP contribution in [-0.4, -0.2) is 35.6 Å². The number of nitrogens with zero attached hydrogens (tertiary/aromatic N) is 5. The highest BCUT2D eigenvalue weighted by molar-refractivity contribution is 7.89. The van der Waals surface area contributed by atoms with Crippen molar-refractivity contribution in [1.29, 1.82) is 5.26 Å². The van der Waals surface area contributed by atoms with Gasteiger partial charge in [0.15, 0.2) is 5.69 Å². The molecule has 3 N–H and O–H groups in total. The Balaban J connectivity index is 2.59. The number of aromatic nitrogens is 1. The van der Waals surface area contributed by atoms with E-state index in [0.717, 1.165) is 51.4 Å². The van der Waals surface area contributed by atoms with Crippen LogP contribution in [-0.2, 0) is 10.0 Å². The van der Waals surface area contributed by atoms with E-state index in [2.05, 4.69) is 37.9 Å². The van der Waals surface area contributed by atoms with Crippen molar-refractivity contribution in [1.82, 2.24) is 8.98 Å². The van der Waals surface area contributed by atoms with E-state index in [1.165, 1.54) is 19.1 Å². The Morgan fingerprint density at radius 3 is 2.08 bits per heavy atom. The minimum atomic E-state index is -3.97. The molecule has 40 heavy (non-hydrogen) atoms. The van der Waals surface area contributed by atoms with E-state index in [1.54, 1.807) is 22.5 Å². The van der Waals surface area contributed by atoms with Gasteiger partial charge in [-0.1, -0.05) is 78.4 Å². The number of unbranched alkanes of at least 4 members (excludes halogenated alkanes) is 2. The van der Waals surface area contributed by atoms with Crippen LogP contribution >= 0.6 is 0 Å². The van der Waals surface area contributed by atoms with Crippen molar-refractivity contribution in [3.63, 3.8) is 0 Å². The second kappa shape index (κ2) is 15.5. The van der Waals surface area contributed by atoms with E-state index in [1.807, 2.05) is 0 Å². The summed E-state index contributed by atoms with van der Waals surface area (Å²) in [5.74, 6) is 5.42.